The smallest absolute Gasteiger partial charge is 0.223 e. The van der Waals surface area contributed by atoms with E-state index in [2.05, 4.69) is 18.3 Å². The average Bonchev–Trinajstić information content (AvgIpc) is 3.25. The molecule has 1 amide bonds. The molecule has 3 N–H and O–H groups in total. The quantitative estimate of drug-likeness (QED) is 0.843. The first-order valence-electron chi connectivity index (χ1n) is 9.72. The van der Waals surface area contributed by atoms with Gasteiger partial charge >= 0.3 is 0 Å². The van der Waals surface area contributed by atoms with Crippen molar-refractivity contribution in [3.8, 4) is 5.75 Å². The van der Waals surface area contributed by atoms with Crippen LogP contribution in [0.1, 0.15) is 51.0 Å². The van der Waals surface area contributed by atoms with Crippen molar-refractivity contribution in [3.05, 3.63) is 29.8 Å². The summed E-state index contributed by atoms with van der Waals surface area (Å²) in [6.07, 6.45) is 6.61. The maximum Gasteiger partial charge on any atom is 0.223 e. The van der Waals surface area contributed by atoms with Crippen molar-refractivity contribution in [1.29, 1.82) is 0 Å². The van der Waals surface area contributed by atoms with Crippen molar-refractivity contribution in [2.24, 2.45) is 23.5 Å². The van der Waals surface area contributed by atoms with Gasteiger partial charge in [0.05, 0.1) is 7.11 Å². The van der Waals surface area contributed by atoms with E-state index >= 15 is 0 Å². The Morgan fingerprint density at radius 3 is 2.54 bits per heavy atom. The number of carbonyl (C=O) groups is 1. The summed E-state index contributed by atoms with van der Waals surface area (Å²) in [5, 5.41) is 3.33. The molecule has 144 valence electrons. The summed E-state index contributed by atoms with van der Waals surface area (Å²) in [6, 6.07) is 8.69. The summed E-state index contributed by atoms with van der Waals surface area (Å²) in [7, 11) is 1.71. The molecule has 0 saturated heterocycles. The number of fused-ring (bicyclic) bond motifs is 2. The first-order valence-corrected chi connectivity index (χ1v) is 9.72. The summed E-state index contributed by atoms with van der Waals surface area (Å²) >= 11 is 0. The van der Waals surface area contributed by atoms with Crippen LogP contribution >= 0.6 is 12.4 Å². The highest BCUT2D eigenvalue weighted by Gasteiger charge is 2.54. The normalized spacial score (nSPS) is 38.0. The number of nitrogens with one attached hydrogen (secondary N) is 1. The minimum absolute atomic E-state index is 0. The van der Waals surface area contributed by atoms with Crippen molar-refractivity contribution in [1.82, 2.24) is 5.32 Å². The van der Waals surface area contributed by atoms with Gasteiger partial charge in [0.1, 0.15) is 5.75 Å². The van der Waals surface area contributed by atoms with E-state index in [1.807, 2.05) is 18.2 Å². The zero-order valence-electron chi connectivity index (χ0n) is 15.7. The molecule has 0 spiro atoms. The number of carbonyl (C=O) groups excluding carboxylic acids is 1. The van der Waals surface area contributed by atoms with E-state index in [-0.39, 0.29) is 35.7 Å². The molecule has 4 nitrogen and oxygen atoms in total. The summed E-state index contributed by atoms with van der Waals surface area (Å²) < 4.78 is 5.52. The zero-order valence-corrected chi connectivity index (χ0v) is 16.6. The standard InChI is InChI=1S/C21H30N2O2.ClH/c1-21(16-8-3-4-9-17(16)25-2)12-18(21)23-20(24)15-10-13-6-5-7-14(11-15)19(13)22;/h3-4,8-9,13-15,18-19H,5-7,10-12,22H2,1-2H3,(H,23,24);1H. The molecule has 0 aliphatic heterocycles. The van der Waals surface area contributed by atoms with Gasteiger partial charge < -0.3 is 15.8 Å². The van der Waals surface area contributed by atoms with E-state index in [1.165, 1.54) is 24.8 Å². The van der Waals surface area contributed by atoms with Gasteiger partial charge in [-0.3, -0.25) is 4.79 Å². The van der Waals surface area contributed by atoms with Crippen molar-refractivity contribution >= 4 is 18.3 Å². The topological polar surface area (TPSA) is 64.3 Å². The molecule has 3 fully saturated rings. The lowest BCUT2D eigenvalue weighted by Crippen LogP contribution is -2.49. The van der Waals surface area contributed by atoms with Crippen LogP contribution in [0.2, 0.25) is 0 Å². The van der Waals surface area contributed by atoms with E-state index in [1.54, 1.807) is 7.11 Å². The van der Waals surface area contributed by atoms with Crippen molar-refractivity contribution in [3.63, 3.8) is 0 Å². The molecule has 4 unspecified atom stereocenters. The molecular weight excluding hydrogens is 348 g/mol. The fourth-order valence-electron chi connectivity index (χ4n) is 5.28. The van der Waals surface area contributed by atoms with Crippen LogP contribution in [0.4, 0.5) is 0 Å². The number of benzene rings is 1. The second kappa shape index (κ2) is 7.40. The molecule has 0 aromatic heterocycles. The fourth-order valence-corrected chi connectivity index (χ4v) is 5.28. The van der Waals surface area contributed by atoms with Crippen LogP contribution in [-0.2, 0) is 10.2 Å². The van der Waals surface area contributed by atoms with Crippen molar-refractivity contribution < 1.29 is 9.53 Å². The van der Waals surface area contributed by atoms with E-state index in [4.69, 9.17) is 10.5 Å². The van der Waals surface area contributed by atoms with E-state index < -0.39 is 0 Å². The third-order valence-electron chi connectivity index (χ3n) is 7.06. The fraction of sp³-hybridized carbons (Fsp3) is 0.667. The van der Waals surface area contributed by atoms with Gasteiger partial charge in [0.25, 0.3) is 0 Å². The number of halogens is 1. The second-order valence-corrected chi connectivity index (χ2v) is 8.58. The number of hydrogen-bond donors (Lipinski definition) is 2. The maximum atomic E-state index is 12.9. The van der Waals surface area contributed by atoms with Gasteiger partial charge in [-0.2, -0.15) is 0 Å². The molecular formula is C21H31ClN2O2. The zero-order chi connectivity index (χ0) is 17.6. The molecule has 5 heteroatoms. The van der Waals surface area contributed by atoms with Crippen LogP contribution < -0.4 is 15.8 Å². The summed E-state index contributed by atoms with van der Waals surface area (Å²) in [4.78, 5) is 12.9. The lowest BCUT2D eigenvalue weighted by atomic mass is 9.65. The highest BCUT2D eigenvalue weighted by molar-refractivity contribution is 5.85. The molecule has 3 saturated carbocycles. The molecule has 2 bridgehead atoms. The molecule has 3 aliphatic carbocycles. The highest BCUT2D eigenvalue weighted by Crippen LogP contribution is 2.51. The van der Waals surface area contributed by atoms with Crippen LogP contribution in [0.15, 0.2) is 24.3 Å². The minimum atomic E-state index is -0.0107. The maximum absolute atomic E-state index is 12.9. The number of ether oxygens (including phenoxy) is 1. The predicted octanol–water partition coefficient (Wildman–Crippen LogP) is 3.42. The highest BCUT2D eigenvalue weighted by atomic mass is 35.5. The summed E-state index contributed by atoms with van der Waals surface area (Å²) in [6.45, 7) is 2.22. The molecule has 1 aromatic carbocycles. The number of methoxy groups -OCH3 is 1. The number of amides is 1. The van der Waals surface area contributed by atoms with Gasteiger partial charge in [0.15, 0.2) is 0 Å². The number of hydrogen-bond acceptors (Lipinski definition) is 3. The number of nitrogens with two attached hydrogens (primary N) is 1. The number of para-hydroxylation sites is 1. The molecule has 3 aliphatic rings. The van der Waals surface area contributed by atoms with Crippen LogP contribution in [-0.4, -0.2) is 25.1 Å². The Balaban J connectivity index is 0.00000196. The molecule has 4 atom stereocenters. The van der Waals surface area contributed by atoms with Crippen LogP contribution in [0.25, 0.3) is 0 Å². The molecule has 4 rings (SSSR count). The van der Waals surface area contributed by atoms with Crippen LogP contribution in [0.3, 0.4) is 0 Å². The van der Waals surface area contributed by atoms with E-state index in [0.717, 1.165) is 25.0 Å². The van der Waals surface area contributed by atoms with Gasteiger partial charge in [-0.05, 0) is 50.0 Å². The Hall–Kier alpha value is -1.26. The molecule has 0 heterocycles. The van der Waals surface area contributed by atoms with Gasteiger partial charge in [0, 0.05) is 29.0 Å². The van der Waals surface area contributed by atoms with Gasteiger partial charge in [-0.25, -0.2) is 0 Å². The van der Waals surface area contributed by atoms with E-state index in [9.17, 15) is 4.79 Å². The third-order valence-corrected chi connectivity index (χ3v) is 7.06. The predicted molar refractivity (Wildman–Crippen MR) is 106 cm³/mol. The third kappa shape index (κ3) is 3.34. The van der Waals surface area contributed by atoms with Crippen LogP contribution in [0.5, 0.6) is 5.75 Å². The van der Waals surface area contributed by atoms with Gasteiger partial charge in [0.2, 0.25) is 5.91 Å². The Bertz CT molecular complexity index is 653. The van der Waals surface area contributed by atoms with Crippen molar-refractivity contribution in [2.75, 3.05) is 7.11 Å². The van der Waals surface area contributed by atoms with Crippen LogP contribution in [0, 0.1) is 17.8 Å². The number of rotatable bonds is 4. The largest absolute Gasteiger partial charge is 0.496 e. The molecule has 26 heavy (non-hydrogen) atoms. The first kappa shape index (κ1) is 19.5. The minimum Gasteiger partial charge on any atom is -0.496 e. The average molecular weight is 379 g/mol. The SMILES string of the molecule is COc1ccccc1C1(C)CC1NC(=O)C1CC2CCCC(C1)C2N.Cl. The Kier molecular flexibility index (Phi) is 5.55. The Labute approximate surface area is 162 Å². The summed E-state index contributed by atoms with van der Waals surface area (Å²) in [5.74, 6) is 2.40. The lowest BCUT2D eigenvalue weighted by Gasteiger charge is -2.43. The van der Waals surface area contributed by atoms with Gasteiger partial charge in [-0.1, -0.05) is 31.5 Å². The Morgan fingerprint density at radius 2 is 1.88 bits per heavy atom. The second-order valence-electron chi connectivity index (χ2n) is 8.58. The Morgan fingerprint density at radius 1 is 1.23 bits per heavy atom. The van der Waals surface area contributed by atoms with E-state index in [0.29, 0.717) is 17.9 Å². The lowest BCUT2D eigenvalue weighted by molar-refractivity contribution is -0.128. The summed E-state index contributed by atoms with van der Waals surface area (Å²) in [5.41, 5.74) is 7.55. The van der Waals surface area contributed by atoms with Crippen molar-refractivity contribution in [2.45, 2.75) is 62.9 Å². The molecule has 0 radical (unpaired) electrons. The first-order chi connectivity index (χ1) is 12.0. The van der Waals surface area contributed by atoms with Gasteiger partial charge in [-0.15, -0.1) is 12.4 Å². The monoisotopic (exact) mass is 378 g/mol. The molecule has 1 aromatic rings.